The number of ketones is 1. The number of aliphatic hydroxyl groups excluding tert-OH is 1. The minimum absolute atomic E-state index is 0.0178. The van der Waals surface area contributed by atoms with Gasteiger partial charge >= 0.3 is 0 Å². The number of ether oxygens (including phenoxy) is 1. The summed E-state index contributed by atoms with van der Waals surface area (Å²) in [6.45, 7) is 4.15. The molecule has 0 saturated carbocycles. The van der Waals surface area contributed by atoms with E-state index in [1.165, 1.54) is 47.6 Å². The van der Waals surface area contributed by atoms with Crippen molar-refractivity contribution in [1.29, 1.82) is 0 Å². The van der Waals surface area contributed by atoms with Crippen LogP contribution in [-0.2, 0) is 14.3 Å². The number of furan rings is 1. The van der Waals surface area contributed by atoms with Crippen LogP contribution in [0.15, 0.2) is 64.5 Å². The second-order valence-electron chi connectivity index (χ2n) is 7.74. The summed E-state index contributed by atoms with van der Waals surface area (Å²) >= 11 is 0. The van der Waals surface area contributed by atoms with Gasteiger partial charge in [0.1, 0.15) is 11.6 Å². The molecule has 0 aliphatic carbocycles. The molecule has 168 valence electrons. The van der Waals surface area contributed by atoms with Crippen molar-refractivity contribution in [3.63, 3.8) is 0 Å². The maximum Gasteiger partial charge on any atom is 0.290 e. The smallest absolute Gasteiger partial charge is 0.290 e. The van der Waals surface area contributed by atoms with Crippen molar-refractivity contribution >= 4 is 17.8 Å². The summed E-state index contributed by atoms with van der Waals surface area (Å²) in [5, 5.41) is 10.6. The molecule has 2 aliphatic rings. The molecule has 1 aromatic carbocycles. The molecule has 7 nitrogen and oxygen atoms in total. The summed E-state index contributed by atoms with van der Waals surface area (Å²) < 4.78 is 24.1. The van der Waals surface area contributed by atoms with E-state index in [0.717, 1.165) is 19.6 Å². The van der Waals surface area contributed by atoms with Gasteiger partial charge in [0.05, 0.1) is 31.1 Å². The van der Waals surface area contributed by atoms with Gasteiger partial charge in [-0.2, -0.15) is 0 Å². The summed E-state index contributed by atoms with van der Waals surface area (Å²) in [6.07, 6.45) is 4.90. The maximum atomic E-state index is 13.5. The lowest BCUT2D eigenvalue weighted by Crippen LogP contribution is -2.39. The third kappa shape index (κ3) is 4.81. The molecule has 8 heteroatoms. The largest absolute Gasteiger partial charge is 0.503 e. The van der Waals surface area contributed by atoms with E-state index in [4.69, 9.17) is 9.15 Å². The Hall–Kier alpha value is -3.23. The summed E-state index contributed by atoms with van der Waals surface area (Å²) in [5.41, 5.74) is 0.542. The highest BCUT2D eigenvalue weighted by molar-refractivity contribution is 6.14. The van der Waals surface area contributed by atoms with Gasteiger partial charge in [0.25, 0.3) is 5.91 Å². The zero-order chi connectivity index (χ0) is 22.5. The summed E-state index contributed by atoms with van der Waals surface area (Å²) in [7, 11) is 0. The van der Waals surface area contributed by atoms with E-state index in [1.807, 2.05) is 0 Å². The zero-order valence-corrected chi connectivity index (χ0v) is 17.6. The highest BCUT2D eigenvalue weighted by atomic mass is 19.1. The number of allylic oxidation sites excluding steroid dienone is 1. The lowest BCUT2D eigenvalue weighted by Gasteiger charge is -2.29. The maximum absolute atomic E-state index is 13.5. The SMILES string of the molecule is O=C(/C=C/c1ccco1)C1=C(O)C(=O)N(CCCN2CCOCC2)C1c1ccc(F)cc1. The highest BCUT2D eigenvalue weighted by Gasteiger charge is 2.42. The van der Waals surface area contributed by atoms with Crippen molar-refractivity contribution in [2.24, 2.45) is 0 Å². The van der Waals surface area contributed by atoms with Crippen LogP contribution in [0.3, 0.4) is 0 Å². The van der Waals surface area contributed by atoms with Crippen molar-refractivity contribution in [2.45, 2.75) is 12.5 Å². The summed E-state index contributed by atoms with van der Waals surface area (Å²) in [4.78, 5) is 29.6. The minimum Gasteiger partial charge on any atom is -0.503 e. The molecule has 32 heavy (non-hydrogen) atoms. The van der Waals surface area contributed by atoms with Crippen LogP contribution in [0.2, 0.25) is 0 Å². The average molecular weight is 440 g/mol. The van der Waals surface area contributed by atoms with Gasteiger partial charge in [-0.1, -0.05) is 12.1 Å². The first-order chi connectivity index (χ1) is 15.5. The third-order valence-corrected chi connectivity index (χ3v) is 5.67. The van der Waals surface area contributed by atoms with Crippen LogP contribution in [0.5, 0.6) is 0 Å². The Morgan fingerprint density at radius 1 is 1.16 bits per heavy atom. The molecule has 1 N–H and O–H groups in total. The molecule has 0 spiro atoms. The van der Waals surface area contributed by atoms with Gasteiger partial charge in [0, 0.05) is 26.2 Å². The number of halogens is 1. The van der Waals surface area contributed by atoms with E-state index in [-0.39, 0.29) is 5.57 Å². The number of carbonyl (C=O) groups is 2. The number of hydrogen-bond donors (Lipinski definition) is 1. The quantitative estimate of drug-likeness (QED) is 0.635. The first-order valence-corrected chi connectivity index (χ1v) is 10.6. The fraction of sp³-hybridized carbons (Fsp3) is 0.333. The zero-order valence-electron chi connectivity index (χ0n) is 17.6. The third-order valence-electron chi connectivity index (χ3n) is 5.67. The Balaban J connectivity index is 1.56. The summed E-state index contributed by atoms with van der Waals surface area (Å²) in [6, 6.07) is 8.21. The molecule has 2 aliphatic heterocycles. The van der Waals surface area contributed by atoms with Crippen LogP contribution in [0.4, 0.5) is 4.39 Å². The number of rotatable bonds is 8. The van der Waals surface area contributed by atoms with E-state index in [1.54, 1.807) is 12.1 Å². The van der Waals surface area contributed by atoms with E-state index < -0.39 is 29.3 Å². The molecule has 4 rings (SSSR count). The van der Waals surface area contributed by atoms with Crippen molar-refractivity contribution in [1.82, 2.24) is 9.80 Å². The van der Waals surface area contributed by atoms with Crippen molar-refractivity contribution < 1.29 is 28.2 Å². The molecule has 0 radical (unpaired) electrons. The van der Waals surface area contributed by atoms with Crippen molar-refractivity contribution in [3.8, 4) is 0 Å². The number of benzene rings is 1. The van der Waals surface area contributed by atoms with Gasteiger partial charge in [-0.15, -0.1) is 0 Å². The first kappa shape index (κ1) is 22.0. The molecule has 3 heterocycles. The molecular formula is C24H25FN2O5. The van der Waals surface area contributed by atoms with Gasteiger partial charge in [0.15, 0.2) is 11.5 Å². The van der Waals surface area contributed by atoms with Crippen LogP contribution in [0, 0.1) is 5.82 Å². The van der Waals surface area contributed by atoms with Crippen LogP contribution in [0.1, 0.15) is 23.8 Å². The number of nitrogens with zero attached hydrogens (tertiary/aromatic N) is 2. The number of aliphatic hydroxyl groups is 1. The van der Waals surface area contributed by atoms with Crippen LogP contribution < -0.4 is 0 Å². The van der Waals surface area contributed by atoms with Gasteiger partial charge in [-0.05, 0) is 48.4 Å². The average Bonchev–Trinajstić information content (AvgIpc) is 3.41. The van der Waals surface area contributed by atoms with Gasteiger partial charge in [0.2, 0.25) is 0 Å². The van der Waals surface area contributed by atoms with E-state index in [0.29, 0.717) is 37.5 Å². The van der Waals surface area contributed by atoms with E-state index >= 15 is 0 Å². The second kappa shape index (κ2) is 9.93. The molecule has 2 aromatic rings. The minimum atomic E-state index is -0.790. The van der Waals surface area contributed by atoms with E-state index in [2.05, 4.69) is 4.90 Å². The normalized spacial score (nSPS) is 20.0. The fourth-order valence-corrected chi connectivity index (χ4v) is 4.05. The van der Waals surface area contributed by atoms with Crippen LogP contribution in [-0.4, -0.2) is 66.0 Å². The standard InChI is InChI=1S/C24H25FN2O5/c25-18-6-4-17(5-7-18)22-21(20(28)9-8-19-3-1-14-32-19)23(29)24(30)27(22)11-2-10-26-12-15-31-16-13-26/h1,3-9,14,22,29H,2,10-13,15-16H2/b9-8+. The Kier molecular flexibility index (Phi) is 6.82. The molecule has 1 atom stereocenters. The fourth-order valence-electron chi connectivity index (χ4n) is 4.05. The first-order valence-electron chi connectivity index (χ1n) is 10.6. The molecule has 1 amide bonds. The lowest BCUT2D eigenvalue weighted by molar-refractivity contribution is -0.129. The van der Waals surface area contributed by atoms with Gasteiger partial charge in [-0.3, -0.25) is 14.5 Å². The van der Waals surface area contributed by atoms with Crippen LogP contribution >= 0.6 is 0 Å². The topological polar surface area (TPSA) is 83.2 Å². The van der Waals surface area contributed by atoms with Crippen molar-refractivity contribution in [2.75, 3.05) is 39.4 Å². The number of carbonyl (C=O) groups excluding carboxylic acids is 2. The predicted octanol–water partition coefficient (Wildman–Crippen LogP) is 3.12. The number of morpholine rings is 1. The Morgan fingerprint density at radius 2 is 1.91 bits per heavy atom. The van der Waals surface area contributed by atoms with Gasteiger partial charge < -0.3 is 19.2 Å². The number of hydrogen-bond acceptors (Lipinski definition) is 6. The molecule has 1 aromatic heterocycles. The molecule has 1 saturated heterocycles. The summed E-state index contributed by atoms with van der Waals surface area (Å²) in [5.74, 6) is -1.62. The van der Waals surface area contributed by atoms with Crippen LogP contribution in [0.25, 0.3) is 6.08 Å². The second-order valence-corrected chi connectivity index (χ2v) is 7.74. The predicted molar refractivity (Wildman–Crippen MR) is 115 cm³/mol. The molecular weight excluding hydrogens is 415 g/mol. The Bertz CT molecular complexity index is 1010. The number of amides is 1. The monoisotopic (exact) mass is 440 g/mol. The molecule has 0 bridgehead atoms. The Labute approximate surface area is 185 Å². The lowest BCUT2D eigenvalue weighted by atomic mass is 9.95. The van der Waals surface area contributed by atoms with E-state index in [9.17, 15) is 19.1 Å². The molecule has 1 unspecified atom stereocenters. The van der Waals surface area contributed by atoms with Gasteiger partial charge in [-0.25, -0.2) is 4.39 Å². The highest BCUT2D eigenvalue weighted by Crippen LogP contribution is 2.38. The van der Waals surface area contributed by atoms with Crippen molar-refractivity contribution in [3.05, 3.63) is 77.2 Å². The molecule has 1 fully saturated rings. The Morgan fingerprint density at radius 3 is 2.59 bits per heavy atom.